The maximum atomic E-state index is 11.9. The van der Waals surface area contributed by atoms with Gasteiger partial charge in [0.25, 0.3) is 10.0 Å². The average Bonchev–Trinajstić information content (AvgIpc) is 2.70. The van der Waals surface area contributed by atoms with Gasteiger partial charge in [-0.05, 0) is 18.6 Å². The molecule has 0 radical (unpaired) electrons. The van der Waals surface area contributed by atoms with Gasteiger partial charge in [0, 0.05) is 24.6 Å². The Balaban J connectivity index is 1.94. The van der Waals surface area contributed by atoms with Gasteiger partial charge < -0.3 is 5.32 Å². The van der Waals surface area contributed by atoms with Crippen LogP contribution in [0.25, 0.3) is 0 Å². The molecule has 1 aromatic rings. The molecule has 0 fully saturated rings. The lowest BCUT2D eigenvalue weighted by Crippen LogP contribution is -2.29. The van der Waals surface area contributed by atoms with E-state index in [9.17, 15) is 13.2 Å². The van der Waals surface area contributed by atoms with Crippen LogP contribution in [-0.2, 0) is 14.8 Å². The third-order valence-electron chi connectivity index (χ3n) is 3.09. The normalized spacial score (nSPS) is 17.6. The number of amidine groups is 1. The number of benzene rings is 1. The van der Waals surface area contributed by atoms with Crippen molar-refractivity contribution in [2.45, 2.75) is 25.2 Å². The third-order valence-corrected chi connectivity index (χ3v) is 4.49. The molecular formula is C14H19N3O3S. The summed E-state index contributed by atoms with van der Waals surface area (Å²) in [6.07, 6.45) is 0.659. The number of nitrogens with one attached hydrogen (secondary N) is 2. The predicted octanol–water partition coefficient (Wildman–Crippen LogP) is 0.887. The summed E-state index contributed by atoms with van der Waals surface area (Å²) in [5.74, 6) is 0.347. The van der Waals surface area contributed by atoms with Gasteiger partial charge in [0.2, 0.25) is 5.91 Å². The number of carbonyl (C=O) groups excluding carboxylic acids is 1. The molecule has 114 valence electrons. The van der Waals surface area contributed by atoms with E-state index in [1.807, 2.05) is 13.8 Å². The fraction of sp³-hybridized carbons (Fsp3) is 0.429. The molecule has 0 aliphatic carbocycles. The highest BCUT2D eigenvalue weighted by molar-refractivity contribution is 7.90. The highest BCUT2D eigenvalue weighted by atomic mass is 32.2. The highest BCUT2D eigenvalue weighted by Gasteiger charge is 2.29. The van der Waals surface area contributed by atoms with Gasteiger partial charge >= 0.3 is 0 Å². The number of nitrogens with zero attached hydrogens (tertiary/aromatic N) is 1. The van der Waals surface area contributed by atoms with Crippen molar-refractivity contribution in [1.82, 2.24) is 10.0 Å². The van der Waals surface area contributed by atoms with Gasteiger partial charge in [0.05, 0.1) is 4.90 Å². The minimum atomic E-state index is -3.47. The number of hydrogen-bond donors (Lipinski definition) is 2. The Morgan fingerprint density at radius 2 is 2.05 bits per heavy atom. The van der Waals surface area contributed by atoms with E-state index in [1.165, 1.54) is 0 Å². The topological polar surface area (TPSA) is 87.6 Å². The van der Waals surface area contributed by atoms with Crippen molar-refractivity contribution in [2.24, 2.45) is 10.9 Å². The van der Waals surface area contributed by atoms with E-state index in [-0.39, 0.29) is 16.7 Å². The zero-order chi connectivity index (χ0) is 15.5. The van der Waals surface area contributed by atoms with Gasteiger partial charge in [-0.2, -0.15) is 0 Å². The van der Waals surface area contributed by atoms with Gasteiger partial charge in [-0.15, -0.1) is 0 Å². The van der Waals surface area contributed by atoms with Crippen LogP contribution in [0.1, 0.15) is 25.8 Å². The fourth-order valence-corrected chi connectivity index (χ4v) is 3.19. The maximum absolute atomic E-state index is 11.9. The van der Waals surface area contributed by atoms with Crippen molar-refractivity contribution < 1.29 is 13.2 Å². The highest BCUT2D eigenvalue weighted by Crippen LogP contribution is 2.21. The quantitative estimate of drug-likeness (QED) is 0.792. The Morgan fingerprint density at radius 1 is 1.33 bits per heavy atom. The Labute approximate surface area is 124 Å². The Hall–Kier alpha value is -1.89. The SMILES string of the molecule is CC(C)C(=O)NCCCN=C1NS(=O)(=O)c2ccccc21. The molecule has 1 amide bonds. The molecule has 1 heterocycles. The zero-order valence-electron chi connectivity index (χ0n) is 12.1. The standard InChI is InChI=1S/C14H19N3O3S/c1-10(2)14(18)16-9-5-8-15-13-11-6-3-4-7-12(11)21(19,20)17-13/h3-4,6-7,10H,5,8-9H2,1-2H3,(H,15,17)(H,16,18). The lowest BCUT2D eigenvalue weighted by atomic mass is 10.2. The number of hydrogen-bond acceptors (Lipinski definition) is 4. The van der Waals surface area contributed by atoms with Crippen LogP contribution in [-0.4, -0.2) is 33.3 Å². The van der Waals surface area contributed by atoms with E-state index in [2.05, 4.69) is 15.0 Å². The van der Waals surface area contributed by atoms with E-state index < -0.39 is 10.0 Å². The van der Waals surface area contributed by atoms with E-state index >= 15 is 0 Å². The Morgan fingerprint density at radius 3 is 2.76 bits per heavy atom. The molecule has 1 aliphatic heterocycles. The molecule has 0 saturated heterocycles. The Bertz CT molecular complexity index is 666. The first-order valence-electron chi connectivity index (χ1n) is 6.86. The first-order valence-corrected chi connectivity index (χ1v) is 8.34. The van der Waals surface area contributed by atoms with Gasteiger partial charge in [-0.25, -0.2) is 8.42 Å². The molecule has 0 saturated carbocycles. The summed E-state index contributed by atoms with van der Waals surface area (Å²) in [5, 5.41) is 2.80. The molecular weight excluding hydrogens is 290 g/mol. The summed E-state index contributed by atoms with van der Waals surface area (Å²) in [6, 6.07) is 6.75. The molecule has 1 aliphatic rings. The number of sulfonamides is 1. The molecule has 2 N–H and O–H groups in total. The largest absolute Gasteiger partial charge is 0.356 e. The van der Waals surface area contributed by atoms with Crippen LogP contribution in [0.4, 0.5) is 0 Å². The fourth-order valence-electron chi connectivity index (χ4n) is 1.94. The van der Waals surface area contributed by atoms with Crippen molar-refractivity contribution in [2.75, 3.05) is 13.1 Å². The average molecular weight is 309 g/mol. The van der Waals surface area contributed by atoms with Gasteiger partial charge in [0.1, 0.15) is 5.84 Å². The van der Waals surface area contributed by atoms with E-state index in [0.29, 0.717) is 30.9 Å². The van der Waals surface area contributed by atoms with Crippen LogP contribution in [0.5, 0.6) is 0 Å². The summed E-state index contributed by atoms with van der Waals surface area (Å²) in [6.45, 7) is 4.65. The first-order chi connectivity index (χ1) is 9.92. The van der Waals surface area contributed by atoms with Crippen LogP contribution in [0.3, 0.4) is 0 Å². The third kappa shape index (κ3) is 3.60. The number of carbonyl (C=O) groups is 1. The van der Waals surface area contributed by atoms with Crippen molar-refractivity contribution in [3.05, 3.63) is 29.8 Å². The summed E-state index contributed by atoms with van der Waals surface area (Å²) in [5.41, 5.74) is 0.601. The maximum Gasteiger partial charge on any atom is 0.263 e. The molecule has 2 rings (SSSR count). The van der Waals surface area contributed by atoms with E-state index in [4.69, 9.17) is 0 Å². The Kier molecular flexibility index (Phi) is 4.62. The summed E-state index contributed by atoms with van der Waals surface area (Å²) in [7, 11) is -3.47. The molecule has 6 nitrogen and oxygen atoms in total. The van der Waals surface area contributed by atoms with Crippen LogP contribution in [0.2, 0.25) is 0 Å². The van der Waals surface area contributed by atoms with Crippen LogP contribution < -0.4 is 10.0 Å². The molecule has 7 heteroatoms. The molecule has 0 atom stereocenters. The predicted molar refractivity (Wildman–Crippen MR) is 80.6 cm³/mol. The second kappa shape index (κ2) is 6.26. The second-order valence-electron chi connectivity index (χ2n) is 5.13. The molecule has 1 aromatic carbocycles. The monoisotopic (exact) mass is 309 g/mol. The van der Waals surface area contributed by atoms with Crippen molar-refractivity contribution in [3.8, 4) is 0 Å². The summed E-state index contributed by atoms with van der Waals surface area (Å²) in [4.78, 5) is 15.9. The number of aliphatic imine (C=N–C) groups is 1. The van der Waals surface area contributed by atoms with E-state index in [0.717, 1.165) is 0 Å². The minimum Gasteiger partial charge on any atom is -0.356 e. The molecule has 0 aromatic heterocycles. The van der Waals surface area contributed by atoms with Gasteiger partial charge in [-0.1, -0.05) is 26.0 Å². The second-order valence-corrected chi connectivity index (χ2v) is 6.78. The minimum absolute atomic E-state index is 0.00886. The molecule has 0 unspecified atom stereocenters. The summed E-state index contributed by atoms with van der Waals surface area (Å²) >= 11 is 0. The lowest BCUT2D eigenvalue weighted by molar-refractivity contribution is -0.123. The van der Waals surface area contributed by atoms with E-state index in [1.54, 1.807) is 24.3 Å². The van der Waals surface area contributed by atoms with Crippen LogP contribution in [0, 0.1) is 5.92 Å². The summed E-state index contributed by atoms with van der Waals surface area (Å²) < 4.78 is 26.2. The molecule has 0 bridgehead atoms. The molecule has 21 heavy (non-hydrogen) atoms. The van der Waals surface area contributed by atoms with Crippen molar-refractivity contribution in [3.63, 3.8) is 0 Å². The van der Waals surface area contributed by atoms with Crippen molar-refractivity contribution in [1.29, 1.82) is 0 Å². The number of amides is 1. The first kappa shape index (κ1) is 15.5. The number of rotatable bonds is 5. The van der Waals surface area contributed by atoms with Crippen molar-refractivity contribution >= 4 is 21.8 Å². The van der Waals surface area contributed by atoms with Crippen LogP contribution in [0.15, 0.2) is 34.2 Å². The van der Waals surface area contributed by atoms with Crippen LogP contribution >= 0.6 is 0 Å². The number of fused-ring (bicyclic) bond motifs is 1. The molecule has 0 spiro atoms. The smallest absolute Gasteiger partial charge is 0.263 e. The zero-order valence-corrected chi connectivity index (χ0v) is 12.9. The van der Waals surface area contributed by atoms with Gasteiger partial charge in [0.15, 0.2) is 0 Å². The van der Waals surface area contributed by atoms with Gasteiger partial charge in [-0.3, -0.25) is 14.5 Å². The lowest BCUT2D eigenvalue weighted by Gasteiger charge is -2.06.